The van der Waals surface area contributed by atoms with E-state index in [2.05, 4.69) is 15.6 Å². The summed E-state index contributed by atoms with van der Waals surface area (Å²) in [6.45, 7) is 3.82. The lowest BCUT2D eigenvalue weighted by Crippen LogP contribution is -2.62. The monoisotopic (exact) mass is 477 g/mol. The summed E-state index contributed by atoms with van der Waals surface area (Å²) in [5, 5.41) is 16.6. The molecule has 35 heavy (non-hydrogen) atoms. The van der Waals surface area contributed by atoms with E-state index < -0.39 is 29.6 Å². The predicted octanol–water partition coefficient (Wildman–Crippen LogP) is 3.94. The van der Waals surface area contributed by atoms with Gasteiger partial charge in [0.25, 0.3) is 0 Å². The van der Waals surface area contributed by atoms with Crippen molar-refractivity contribution in [3.63, 3.8) is 0 Å². The number of alkyl carbamates (subject to hydrolysis) is 1. The third-order valence-corrected chi connectivity index (χ3v) is 6.94. The van der Waals surface area contributed by atoms with Crippen molar-refractivity contribution in [1.82, 2.24) is 15.6 Å². The first-order chi connectivity index (χ1) is 16.8. The second-order valence-corrected chi connectivity index (χ2v) is 9.25. The molecule has 0 bridgehead atoms. The molecule has 0 unspecified atom stereocenters. The minimum Gasteiger partial charge on any atom is -0.479 e. The Bertz CT molecular complexity index is 1220. The number of hydrogen-bond acceptors (Lipinski definition) is 4. The van der Waals surface area contributed by atoms with Crippen molar-refractivity contribution in [3.8, 4) is 0 Å². The highest BCUT2D eigenvalue weighted by molar-refractivity contribution is 5.93. The van der Waals surface area contributed by atoms with Crippen LogP contribution in [0.3, 0.4) is 0 Å². The number of carbonyl (C=O) groups excluding carboxylic acids is 2. The standard InChI is InChI=1S/C27H31N3O5/c1-3-17(2)23(29-26(34)35-16-18-9-5-4-6-10-18)24(31)30-27(25(32)33)14-13-22-20(15-27)19-11-7-8-12-21(19)28-22/h4-12,17,23,28H,3,13-16H2,1-2H3,(H,29,34)(H,30,31)(H,32,33)/t17-,23-,27-/m0/s1. The molecule has 4 N–H and O–H groups in total. The number of aromatic amines is 1. The summed E-state index contributed by atoms with van der Waals surface area (Å²) in [4.78, 5) is 41.7. The van der Waals surface area contributed by atoms with Crippen LogP contribution in [0.4, 0.5) is 4.79 Å². The van der Waals surface area contributed by atoms with Crippen molar-refractivity contribution in [2.75, 3.05) is 0 Å². The first-order valence-electron chi connectivity index (χ1n) is 11.9. The van der Waals surface area contributed by atoms with Gasteiger partial charge in [0, 0.05) is 23.0 Å². The maximum atomic E-state index is 13.4. The molecule has 0 radical (unpaired) electrons. The summed E-state index contributed by atoms with van der Waals surface area (Å²) in [6, 6.07) is 16.1. The largest absolute Gasteiger partial charge is 0.479 e. The van der Waals surface area contributed by atoms with Gasteiger partial charge in [-0.2, -0.15) is 0 Å². The number of fused-ring (bicyclic) bond motifs is 3. The van der Waals surface area contributed by atoms with E-state index in [-0.39, 0.29) is 25.4 Å². The first kappa shape index (κ1) is 24.3. The van der Waals surface area contributed by atoms with Crippen molar-refractivity contribution in [2.24, 2.45) is 5.92 Å². The van der Waals surface area contributed by atoms with E-state index in [0.29, 0.717) is 12.8 Å². The number of carboxylic acid groups (broad SMARTS) is 1. The summed E-state index contributed by atoms with van der Waals surface area (Å²) in [5.74, 6) is -1.84. The molecular formula is C27H31N3O5. The molecule has 3 atom stereocenters. The highest BCUT2D eigenvalue weighted by atomic mass is 16.5. The summed E-state index contributed by atoms with van der Waals surface area (Å²) in [6.07, 6.45) is 0.806. The fourth-order valence-corrected chi connectivity index (χ4v) is 4.65. The average molecular weight is 478 g/mol. The third kappa shape index (κ3) is 5.16. The summed E-state index contributed by atoms with van der Waals surface area (Å²) in [7, 11) is 0. The lowest BCUT2D eigenvalue weighted by atomic mass is 9.79. The minimum absolute atomic E-state index is 0.0733. The van der Waals surface area contributed by atoms with Crippen molar-refractivity contribution in [3.05, 3.63) is 71.4 Å². The highest BCUT2D eigenvalue weighted by Crippen LogP contribution is 2.34. The Labute approximate surface area is 204 Å². The van der Waals surface area contributed by atoms with Crippen molar-refractivity contribution in [1.29, 1.82) is 0 Å². The number of nitrogens with one attached hydrogen (secondary N) is 3. The third-order valence-electron chi connectivity index (χ3n) is 6.94. The van der Waals surface area contributed by atoms with Crippen LogP contribution in [0.15, 0.2) is 54.6 Å². The van der Waals surface area contributed by atoms with Gasteiger partial charge >= 0.3 is 12.1 Å². The van der Waals surface area contributed by atoms with Crippen molar-refractivity contribution < 1.29 is 24.2 Å². The summed E-state index contributed by atoms with van der Waals surface area (Å²) >= 11 is 0. The molecule has 1 aliphatic rings. The molecule has 4 rings (SSSR count). The van der Waals surface area contributed by atoms with E-state index in [4.69, 9.17) is 4.74 Å². The molecule has 3 aromatic rings. The van der Waals surface area contributed by atoms with Gasteiger partial charge in [0.2, 0.25) is 5.91 Å². The van der Waals surface area contributed by atoms with Crippen LogP contribution in [-0.2, 0) is 33.8 Å². The van der Waals surface area contributed by atoms with E-state index in [0.717, 1.165) is 27.7 Å². The van der Waals surface area contributed by atoms with E-state index in [1.54, 1.807) is 0 Å². The van der Waals surface area contributed by atoms with Crippen LogP contribution in [0.1, 0.15) is 43.5 Å². The molecular weight excluding hydrogens is 446 g/mol. The molecule has 0 saturated heterocycles. The van der Waals surface area contributed by atoms with Gasteiger partial charge in [-0.1, -0.05) is 68.8 Å². The Morgan fingerprint density at radius 3 is 2.54 bits per heavy atom. The number of rotatable bonds is 8. The van der Waals surface area contributed by atoms with Gasteiger partial charge in [0.15, 0.2) is 0 Å². The fourth-order valence-electron chi connectivity index (χ4n) is 4.65. The van der Waals surface area contributed by atoms with Gasteiger partial charge in [-0.05, 0) is 36.0 Å². The predicted molar refractivity (Wildman–Crippen MR) is 132 cm³/mol. The molecule has 1 aromatic heterocycles. The lowest BCUT2D eigenvalue weighted by molar-refractivity contribution is -0.148. The molecule has 0 fully saturated rings. The van der Waals surface area contributed by atoms with Gasteiger partial charge in [-0.15, -0.1) is 0 Å². The van der Waals surface area contributed by atoms with Crippen LogP contribution >= 0.6 is 0 Å². The maximum Gasteiger partial charge on any atom is 0.408 e. The normalized spacial score (nSPS) is 18.8. The number of aliphatic carboxylic acids is 1. The Hall–Kier alpha value is -3.81. The number of para-hydroxylation sites is 1. The number of H-pyrrole nitrogens is 1. The van der Waals surface area contributed by atoms with Crippen LogP contribution < -0.4 is 10.6 Å². The fraction of sp³-hybridized carbons (Fsp3) is 0.370. The van der Waals surface area contributed by atoms with Crippen LogP contribution in [0, 0.1) is 5.92 Å². The zero-order valence-electron chi connectivity index (χ0n) is 20.0. The van der Waals surface area contributed by atoms with Gasteiger partial charge in [0.05, 0.1) is 0 Å². The average Bonchev–Trinajstić information content (AvgIpc) is 3.23. The van der Waals surface area contributed by atoms with Crippen LogP contribution in [0.5, 0.6) is 0 Å². The van der Waals surface area contributed by atoms with E-state index >= 15 is 0 Å². The highest BCUT2D eigenvalue weighted by Gasteiger charge is 2.45. The summed E-state index contributed by atoms with van der Waals surface area (Å²) < 4.78 is 5.30. The van der Waals surface area contributed by atoms with Gasteiger partial charge < -0.3 is 25.5 Å². The Balaban J connectivity index is 1.50. The number of amides is 2. The van der Waals surface area contributed by atoms with E-state index in [1.807, 2.05) is 68.4 Å². The van der Waals surface area contributed by atoms with Crippen LogP contribution in [-0.4, -0.2) is 39.6 Å². The SMILES string of the molecule is CC[C@H](C)[C@H](NC(=O)OCc1ccccc1)C(=O)N[C@@]1(C(=O)O)CCc2[nH]c3ccccc3c2C1. The molecule has 1 heterocycles. The number of hydrogen-bond donors (Lipinski definition) is 4. The number of aromatic nitrogens is 1. The second kappa shape index (κ2) is 10.2. The van der Waals surface area contributed by atoms with Crippen molar-refractivity contribution in [2.45, 2.75) is 57.7 Å². The molecule has 8 nitrogen and oxygen atoms in total. The molecule has 2 aromatic carbocycles. The van der Waals surface area contributed by atoms with E-state index in [1.165, 1.54) is 0 Å². The quantitative estimate of drug-likeness (QED) is 0.392. The molecule has 0 saturated carbocycles. The number of aryl methyl sites for hydroxylation is 1. The molecule has 0 aliphatic heterocycles. The van der Waals surface area contributed by atoms with E-state index in [9.17, 15) is 19.5 Å². The van der Waals surface area contributed by atoms with Crippen LogP contribution in [0.25, 0.3) is 10.9 Å². The first-order valence-corrected chi connectivity index (χ1v) is 11.9. The molecule has 8 heteroatoms. The van der Waals surface area contributed by atoms with Crippen molar-refractivity contribution >= 4 is 28.9 Å². The Morgan fingerprint density at radius 1 is 1.11 bits per heavy atom. The minimum atomic E-state index is -1.46. The molecule has 0 spiro atoms. The smallest absolute Gasteiger partial charge is 0.408 e. The molecule has 1 aliphatic carbocycles. The topological polar surface area (TPSA) is 121 Å². The number of carboxylic acids is 1. The maximum absolute atomic E-state index is 13.4. The Morgan fingerprint density at radius 2 is 1.83 bits per heavy atom. The number of carbonyl (C=O) groups is 3. The van der Waals surface area contributed by atoms with Crippen LogP contribution in [0.2, 0.25) is 0 Å². The number of ether oxygens (including phenoxy) is 1. The van der Waals surface area contributed by atoms with Gasteiger partial charge in [-0.3, -0.25) is 4.79 Å². The number of benzene rings is 2. The lowest BCUT2D eigenvalue weighted by Gasteiger charge is -2.36. The summed E-state index contributed by atoms with van der Waals surface area (Å²) in [5.41, 5.74) is 2.22. The van der Waals surface area contributed by atoms with Gasteiger partial charge in [0.1, 0.15) is 18.2 Å². The molecule has 2 amide bonds. The zero-order valence-corrected chi connectivity index (χ0v) is 20.0. The molecule has 184 valence electrons. The second-order valence-electron chi connectivity index (χ2n) is 9.25. The van der Waals surface area contributed by atoms with Gasteiger partial charge in [-0.25, -0.2) is 9.59 Å². The Kier molecular flexibility index (Phi) is 7.10. The zero-order chi connectivity index (χ0) is 25.0.